The predicted molar refractivity (Wildman–Crippen MR) is 185 cm³/mol. The van der Waals surface area contributed by atoms with Gasteiger partial charge >= 0.3 is 36.9 Å². The van der Waals surface area contributed by atoms with Gasteiger partial charge in [0.15, 0.2) is 0 Å². The molecule has 3 nitrogen and oxygen atoms in total. The van der Waals surface area contributed by atoms with Crippen LogP contribution in [0.1, 0.15) is 49.4 Å². The van der Waals surface area contributed by atoms with Crippen LogP contribution in [0, 0.1) is 63.7 Å². The van der Waals surface area contributed by atoms with Crippen molar-refractivity contribution in [2.24, 2.45) is 0 Å². The molecule has 234 valence electrons. The van der Waals surface area contributed by atoms with Crippen LogP contribution >= 0.6 is 0 Å². The average molecular weight is 743 g/mol. The number of hydrogen-bond donors (Lipinski definition) is 0. The molecule has 0 spiro atoms. The first kappa shape index (κ1) is 37.8. The van der Waals surface area contributed by atoms with Crippen LogP contribution < -0.4 is 19.7 Å². The second kappa shape index (κ2) is 16.5. The maximum absolute atomic E-state index is 5.88. The van der Waals surface area contributed by atoms with E-state index in [9.17, 15) is 0 Å². The minimum absolute atomic E-state index is 0. The first-order valence-electron chi connectivity index (χ1n) is 14.2. The number of aryl methyl sites for hydroxylation is 1. The van der Waals surface area contributed by atoms with Gasteiger partial charge in [0.1, 0.15) is 5.75 Å². The Hall–Kier alpha value is -2.27. The molecule has 0 radical (unpaired) electrons. The van der Waals surface area contributed by atoms with Crippen LogP contribution in [0.5, 0.6) is 5.75 Å². The zero-order valence-electron chi connectivity index (χ0n) is 27.6. The van der Waals surface area contributed by atoms with Gasteiger partial charge in [-0.2, -0.15) is 42.3 Å². The topological polar surface area (TPSA) is 15.7 Å². The Morgan fingerprint density at radius 3 is 1.64 bits per heavy atom. The van der Waals surface area contributed by atoms with Gasteiger partial charge < -0.3 is 14.5 Å². The molecule has 0 aromatic heterocycles. The van der Waals surface area contributed by atoms with E-state index in [2.05, 4.69) is 107 Å². The number of methoxy groups -OCH3 is 1. The van der Waals surface area contributed by atoms with Gasteiger partial charge in [-0.1, -0.05) is 87.2 Å². The summed E-state index contributed by atoms with van der Waals surface area (Å²) in [5.74, 6) is 1.09. The van der Waals surface area contributed by atoms with Crippen molar-refractivity contribution in [2.75, 3.05) is 45.1 Å². The predicted octanol–water partition coefficient (Wildman–Crippen LogP) is 8.31. The van der Waals surface area contributed by atoms with E-state index < -0.39 is 8.07 Å². The van der Waals surface area contributed by atoms with Crippen LogP contribution in [0.3, 0.4) is 0 Å². The number of rotatable bonds is 5. The Bertz CT molecular complexity index is 1300. The minimum atomic E-state index is -1.74. The minimum Gasteiger partial charge on any atom is -0.497 e. The monoisotopic (exact) mass is 742 g/mol. The number of hydrogen-bond acceptors (Lipinski definition) is 3. The van der Waals surface area contributed by atoms with Crippen molar-refractivity contribution in [3.63, 3.8) is 0 Å². The number of anilines is 2. The summed E-state index contributed by atoms with van der Waals surface area (Å²) in [4.78, 5) is 4.12. The number of allylic oxidation sites excluding steroid dienone is 4. The first-order chi connectivity index (χ1) is 19.1. The van der Waals surface area contributed by atoms with E-state index in [1.54, 1.807) is 7.11 Å². The van der Waals surface area contributed by atoms with Gasteiger partial charge in [-0.15, -0.1) is 18.6 Å². The van der Waals surface area contributed by atoms with Gasteiger partial charge in [-0.05, 0) is 51.3 Å². The quantitative estimate of drug-likeness (QED) is 0.193. The molecule has 1 aliphatic rings. The molecular formula is C37H51LuN2OSi. The molecule has 0 atom stereocenters. The van der Waals surface area contributed by atoms with Gasteiger partial charge in [0.05, 0.1) is 15.2 Å². The third kappa shape index (κ3) is 10.2. The van der Waals surface area contributed by atoms with E-state index >= 15 is 0 Å². The molecule has 0 bridgehead atoms. The summed E-state index contributed by atoms with van der Waals surface area (Å²) in [6.45, 7) is 21.6. The number of ether oxygens (including phenoxy) is 1. The molecule has 0 saturated heterocycles. The van der Waals surface area contributed by atoms with Crippen molar-refractivity contribution >= 4 is 24.6 Å². The molecule has 0 unspecified atom stereocenters. The van der Waals surface area contributed by atoms with E-state index in [0.717, 1.165) is 23.3 Å². The van der Waals surface area contributed by atoms with Crippen molar-refractivity contribution in [1.29, 1.82) is 0 Å². The van der Waals surface area contributed by atoms with E-state index in [0.29, 0.717) is 0 Å². The van der Waals surface area contributed by atoms with Crippen LogP contribution in [0.25, 0.3) is 0 Å². The third-order valence-electron chi connectivity index (χ3n) is 7.32. The summed E-state index contributed by atoms with van der Waals surface area (Å²) in [6, 6.07) is 20.8. The third-order valence-corrected chi connectivity index (χ3v) is 10.9. The number of benzene rings is 3. The van der Waals surface area contributed by atoms with Gasteiger partial charge in [-0.25, -0.2) is 12.2 Å². The van der Waals surface area contributed by atoms with Crippen LogP contribution in [-0.2, 0) is 5.41 Å². The summed E-state index contributed by atoms with van der Waals surface area (Å²) in [7, 11) is 8.14. The Morgan fingerprint density at radius 1 is 0.833 bits per heavy atom. The zero-order chi connectivity index (χ0) is 31.0. The van der Waals surface area contributed by atoms with Crippen LogP contribution in [0.2, 0.25) is 13.1 Å². The van der Waals surface area contributed by atoms with E-state index in [-0.39, 0.29) is 42.3 Å². The summed E-state index contributed by atoms with van der Waals surface area (Å²) in [5, 5.41) is 2.87. The molecule has 42 heavy (non-hydrogen) atoms. The second-order valence-corrected chi connectivity index (χ2v) is 16.9. The Balaban J connectivity index is 0.000000351. The molecule has 0 fully saturated rings. The van der Waals surface area contributed by atoms with Crippen molar-refractivity contribution in [3.8, 4) is 5.75 Å². The normalized spacial score (nSPS) is 12.1. The standard InChI is InChI=1S/C19H27OSi.2C9H12N.Lu/c1-14-12-16(19(2,3)4)18(20-5)17(13-14)21(6,7)15-10-8-9-11-15;2*1-8-6-4-5-7-9(8)10(2)3;/h8-9,12-13H,10H2,1-7H3;2*4-7H,1H2,2-3H3;/q3*-1;+3. The molecule has 0 aliphatic heterocycles. The van der Waals surface area contributed by atoms with Crippen molar-refractivity contribution in [2.45, 2.75) is 52.6 Å². The van der Waals surface area contributed by atoms with Crippen molar-refractivity contribution in [3.05, 3.63) is 120 Å². The van der Waals surface area contributed by atoms with E-state index in [4.69, 9.17) is 4.74 Å². The van der Waals surface area contributed by atoms with E-state index in [1.165, 1.54) is 32.9 Å². The molecule has 0 heterocycles. The molecule has 5 heteroatoms. The Labute approximate surface area is 287 Å². The average Bonchev–Trinajstić information content (AvgIpc) is 3.45. The molecule has 0 N–H and O–H groups in total. The molecule has 4 rings (SSSR count). The van der Waals surface area contributed by atoms with Crippen LogP contribution in [-0.4, -0.2) is 43.4 Å². The van der Waals surface area contributed by atoms with Gasteiger partial charge in [0.25, 0.3) is 0 Å². The van der Waals surface area contributed by atoms with E-state index in [1.807, 2.05) is 64.6 Å². The summed E-state index contributed by atoms with van der Waals surface area (Å²) >= 11 is 0. The fraction of sp³-hybridized carbons (Fsp3) is 0.351. The van der Waals surface area contributed by atoms with Gasteiger partial charge in [0.2, 0.25) is 0 Å². The van der Waals surface area contributed by atoms with Gasteiger partial charge in [0, 0.05) is 0 Å². The largest absolute Gasteiger partial charge is 3.00 e. The van der Waals surface area contributed by atoms with Crippen molar-refractivity contribution in [1.82, 2.24) is 0 Å². The molecule has 1 aliphatic carbocycles. The number of nitrogens with zero attached hydrogens (tertiary/aromatic N) is 2. The molecule has 0 saturated carbocycles. The number of para-hydroxylation sites is 2. The summed E-state index contributed by atoms with van der Waals surface area (Å²) in [6.07, 6.45) is 8.78. The first-order valence-corrected chi connectivity index (χ1v) is 17.2. The zero-order valence-corrected chi connectivity index (χ0v) is 30.3. The molecular weight excluding hydrogens is 691 g/mol. The molecule has 0 amide bonds. The fourth-order valence-electron chi connectivity index (χ4n) is 4.90. The van der Waals surface area contributed by atoms with Crippen LogP contribution in [0.4, 0.5) is 11.4 Å². The van der Waals surface area contributed by atoms with Gasteiger partial charge in [-0.3, -0.25) is 6.08 Å². The summed E-state index contributed by atoms with van der Waals surface area (Å²) < 4.78 is 5.88. The maximum Gasteiger partial charge on any atom is 3.00 e. The van der Waals surface area contributed by atoms with Crippen LogP contribution in [0.15, 0.2) is 78.0 Å². The Morgan fingerprint density at radius 2 is 1.31 bits per heavy atom. The fourth-order valence-corrected chi connectivity index (χ4v) is 7.69. The SMILES string of the molecule is COc1c(C(C)(C)C)cc(C)cc1[Si](C)(C)C1=[C-]C=CC1.[CH2-]c1ccccc1N(C)C.[CH2-]c1ccccc1N(C)C.[Lu+3]. The Kier molecular flexibility index (Phi) is 14.9. The smallest absolute Gasteiger partial charge is 0.497 e. The second-order valence-electron chi connectivity index (χ2n) is 12.5. The molecule has 3 aromatic rings. The summed E-state index contributed by atoms with van der Waals surface area (Å²) in [5.41, 5.74) is 7.24. The van der Waals surface area contributed by atoms with Crippen molar-refractivity contribution < 1.29 is 41.6 Å². The molecule has 3 aromatic carbocycles. The maximum atomic E-state index is 5.88.